The Labute approximate surface area is 145 Å². The third-order valence-electron chi connectivity index (χ3n) is 4.66. The second-order valence-corrected chi connectivity index (χ2v) is 7.56. The molecule has 1 heterocycles. The largest absolute Gasteiger partial charge is 0.390 e. The van der Waals surface area contributed by atoms with Crippen molar-refractivity contribution in [2.75, 3.05) is 5.32 Å². The van der Waals surface area contributed by atoms with Crippen LogP contribution in [-0.4, -0.2) is 26.2 Å². The summed E-state index contributed by atoms with van der Waals surface area (Å²) in [4.78, 5) is 19.8. The van der Waals surface area contributed by atoms with Crippen LogP contribution in [0.3, 0.4) is 0 Å². The number of fused-ring (bicyclic) bond motifs is 1. The third-order valence-corrected chi connectivity index (χ3v) is 4.66. The highest BCUT2D eigenvalue weighted by Gasteiger charge is 2.37. The van der Waals surface area contributed by atoms with E-state index >= 15 is 0 Å². The van der Waals surface area contributed by atoms with Crippen LogP contribution in [0.25, 0.3) is 15.9 Å². The lowest BCUT2D eigenvalue weighted by Crippen LogP contribution is -2.38. The minimum atomic E-state index is -1.13. The number of nitrogens with one attached hydrogen (secondary N) is 1. The number of hydrogen-bond acceptors (Lipinski definition) is 3. The maximum absolute atomic E-state index is 14.0. The Bertz CT molecular complexity index is 885. The monoisotopic (exact) mass is 344 g/mol. The quantitative estimate of drug-likeness (QED) is 0.830. The van der Waals surface area contributed by atoms with Crippen molar-refractivity contribution in [3.05, 3.63) is 29.4 Å². The Hall–Kier alpha value is -2.46. The number of halogens is 1. The maximum atomic E-state index is 14.0. The number of carbonyl (C=O) groups is 1. The normalized spacial score (nSPS) is 16.3. The molecule has 2 N–H and O–H groups in total. The number of carbonyl (C=O) groups excluding carboxylic acids is 1. The fraction of sp³-hybridized carbons (Fsp3) is 0.500. The van der Waals surface area contributed by atoms with Gasteiger partial charge in [0.1, 0.15) is 5.82 Å². The minimum Gasteiger partial charge on any atom is -0.390 e. The van der Waals surface area contributed by atoms with Crippen molar-refractivity contribution in [1.82, 2.24) is 9.55 Å². The van der Waals surface area contributed by atoms with Crippen LogP contribution in [0.2, 0.25) is 0 Å². The molecule has 1 fully saturated rings. The molecule has 1 amide bonds. The van der Waals surface area contributed by atoms with Crippen LogP contribution in [0.1, 0.15) is 46.5 Å². The van der Waals surface area contributed by atoms with E-state index in [9.17, 15) is 14.3 Å². The van der Waals surface area contributed by atoms with Gasteiger partial charge < -0.3 is 9.67 Å². The van der Waals surface area contributed by atoms with E-state index in [1.165, 1.54) is 12.1 Å². The second kappa shape index (κ2) is 5.81. The molecule has 2 aromatic rings. The number of rotatable bonds is 4. The number of aromatic nitrogens is 2. The van der Waals surface area contributed by atoms with Gasteiger partial charge in [0.25, 0.3) is 0 Å². The van der Waals surface area contributed by atoms with Crippen LogP contribution in [0.15, 0.2) is 12.1 Å². The van der Waals surface area contributed by atoms with Gasteiger partial charge in [-0.25, -0.2) is 14.2 Å². The number of hydrogen-bond donors (Lipinski definition) is 2. The molecule has 0 saturated heterocycles. The van der Waals surface area contributed by atoms with Crippen molar-refractivity contribution in [1.29, 1.82) is 0 Å². The molecule has 0 unspecified atom stereocenters. The average Bonchev–Trinajstić information content (AvgIpc) is 2.78. The van der Waals surface area contributed by atoms with Gasteiger partial charge in [0.15, 0.2) is 0 Å². The summed E-state index contributed by atoms with van der Waals surface area (Å²) in [5.74, 6) is -0.661. The lowest BCUT2D eigenvalue weighted by atomic mass is 9.78. The van der Waals surface area contributed by atoms with Gasteiger partial charge in [-0.2, -0.15) is 0 Å². The van der Waals surface area contributed by atoms with E-state index in [1.54, 1.807) is 13.8 Å². The molecule has 3 rings (SSSR count). The van der Waals surface area contributed by atoms with Crippen LogP contribution in [-0.2, 0) is 10.3 Å². The zero-order chi connectivity index (χ0) is 18.4. The molecule has 0 bridgehead atoms. The summed E-state index contributed by atoms with van der Waals surface area (Å²) >= 11 is 0. The van der Waals surface area contributed by atoms with Gasteiger partial charge in [-0.05, 0) is 52.2 Å². The molecule has 0 aliphatic heterocycles. The van der Waals surface area contributed by atoms with Crippen LogP contribution in [0, 0.1) is 12.4 Å². The zero-order valence-corrected chi connectivity index (χ0v) is 14.6. The van der Waals surface area contributed by atoms with Crippen molar-refractivity contribution in [2.24, 2.45) is 0 Å². The van der Waals surface area contributed by atoms with E-state index in [2.05, 4.69) is 22.1 Å². The van der Waals surface area contributed by atoms with Gasteiger partial charge in [-0.1, -0.05) is 0 Å². The number of benzene rings is 1. The van der Waals surface area contributed by atoms with Crippen LogP contribution in [0.4, 0.5) is 16.0 Å². The standard InChI is InChI=1S/C18H21FN4O2/c1-17(2,25)10-15(24)22-16-21-13-8-11(19)12(20-4)9-14(13)23(16)18(3)6-5-7-18/h8-9,25H,5-7,10H2,1-3H3,(H,21,22,24). The Morgan fingerprint density at radius 3 is 2.72 bits per heavy atom. The van der Waals surface area contributed by atoms with Crippen molar-refractivity contribution >= 4 is 28.6 Å². The van der Waals surface area contributed by atoms with Gasteiger partial charge in [-0.15, -0.1) is 0 Å². The fourth-order valence-electron chi connectivity index (χ4n) is 3.28. The van der Waals surface area contributed by atoms with Crippen molar-refractivity contribution in [2.45, 2.75) is 57.6 Å². The molecular formula is C18H21FN4O2. The fourth-order valence-corrected chi connectivity index (χ4v) is 3.28. The molecule has 1 aliphatic rings. The molecule has 1 aliphatic carbocycles. The summed E-state index contributed by atoms with van der Waals surface area (Å²) in [6.07, 6.45) is 2.81. The highest BCUT2D eigenvalue weighted by atomic mass is 19.1. The van der Waals surface area contributed by atoms with Crippen molar-refractivity contribution < 1.29 is 14.3 Å². The highest BCUT2D eigenvalue weighted by molar-refractivity contribution is 5.93. The van der Waals surface area contributed by atoms with E-state index in [0.717, 1.165) is 19.3 Å². The van der Waals surface area contributed by atoms with Crippen molar-refractivity contribution in [3.63, 3.8) is 0 Å². The molecule has 0 atom stereocenters. The molecule has 132 valence electrons. The predicted molar refractivity (Wildman–Crippen MR) is 93.0 cm³/mol. The molecule has 1 aromatic heterocycles. The number of nitrogens with zero attached hydrogens (tertiary/aromatic N) is 3. The van der Waals surface area contributed by atoms with Crippen LogP contribution >= 0.6 is 0 Å². The van der Waals surface area contributed by atoms with Gasteiger partial charge in [-0.3, -0.25) is 10.1 Å². The molecule has 0 radical (unpaired) electrons. The summed E-state index contributed by atoms with van der Waals surface area (Å²) in [5, 5.41) is 12.6. The van der Waals surface area contributed by atoms with Gasteiger partial charge in [0.2, 0.25) is 17.5 Å². The van der Waals surface area contributed by atoms with Crippen LogP contribution in [0.5, 0.6) is 0 Å². The summed E-state index contributed by atoms with van der Waals surface area (Å²) < 4.78 is 15.8. The summed E-state index contributed by atoms with van der Waals surface area (Å²) in [5.41, 5.74) is -0.399. The molecule has 25 heavy (non-hydrogen) atoms. The second-order valence-electron chi connectivity index (χ2n) is 7.56. The summed E-state index contributed by atoms with van der Waals surface area (Å²) in [6.45, 7) is 12.3. The number of amides is 1. The van der Waals surface area contributed by atoms with E-state index < -0.39 is 11.4 Å². The van der Waals surface area contributed by atoms with Gasteiger partial charge in [0, 0.05) is 5.54 Å². The topological polar surface area (TPSA) is 71.5 Å². The summed E-state index contributed by atoms with van der Waals surface area (Å²) in [7, 11) is 0. The molecule has 6 nitrogen and oxygen atoms in total. The van der Waals surface area contributed by atoms with E-state index in [1.807, 2.05) is 4.57 Å². The number of imidazole rings is 1. The first kappa shape index (κ1) is 17.4. The molecule has 1 aromatic carbocycles. The molecule has 7 heteroatoms. The first-order chi connectivity index (χ1) is 11.6. The zero-order valence-electron chi connectivity index (χ0n) is 14.6. The van der Waals surface area contributed by atoms with E-state index in [0.29, 0.717) is 17.0 Å². The average molecular weight is 344 g/mol. The first-order valence-corrected chi connectivity index (χ1v) is 8.25. The smallest absolute Gasteiger partial charge is 0.229 e. The molecule has 0 spiro atoms. The predicted octanol–water partition coefficient (Wildman–Crippen LogP) is 3.72. The summed E-state index contributed by atoms with van der Waals surface area (Å²) in [6, 6.07) is 2.72. The maximum Gasteiger partial charge on any atom is 0.229 e. The van der Waals surface area contributed by atoms with Crippen molar-refractivity contribution in [3.8, 4) is 0 Å². The Morgan fingerprint density at radius 2 is 2.20 bits per heavy atom. The Kier molecular flexibility index (Phi) is 4.04. The van der Waals surface area contributed by atoms with Gasteiger partial charge in [0.05, 0.1) is 29.6 Å². The Morgan fingerprint density at radius 1 is 1.52 bits per heavy atom. The lowest BCUT2D eigenvalue weighted by molar-refractivity contribution is -0.119. The van der Waals surface area contributed by atoms with Crippen LogP contribution < -0.4 is 5.32 Å². The Balaban J connectivity index is 2.10. The molecule has 1 saturated carbocycles. The third kappa shape index (κ3) is 3.22. The lowest BCUT2D eigenvalue weighted by Gasteiger charge is -2.41. The van der Waals surface area contributed by atoms with Gasteiger partial charge >= 0.3 is 0 Å². The van der Waals surface area contributed by atoms with E-state index in [-0.39, 0.29) is 23.6 Å². The number of aliphatic hydroxyl groups is 1. The molecular weight excluding hydrogens is 323 g/mol. The van der Waals surface area contributed by atoms with E-state index in [4.69, 9.17) is 6.57 Å². The first-order valence-electron chi connectivity index (χ1n) is 8.25. The SMILES string of the molecule is [C-]#[N+]c1cc2c(cc1F)nc(NC(=O)CC(C)(C)O)n2C1(C)CCC1. The minimum absolute atomic E-state index is 0.0639. The number of anilines is 1. The highest BCUT2D eigenvalue weighted by Crippen LogP contribution is 2.43.